The van der Waals surface area contributed by atoms with Gasteiger partial charge in [-0.25, -0.2) is 0 Å². The van der Waals surface area contributed by atoms with Gasteiger partial charge in [0.25, 0.3) is 0 Å². The molecule has 4 unspecified atom stereocenters. The van der Waals surface area contributed by atoms with Crippen LogP contribution in [0.15, 0.2) is 11.1 Å². The van der Waals surface area contributed by atoms with Gasteiger partial charge in [0.15, 0.2) is 0 Å². The minimum Gasteiger partial charge on any atom is -0.481 e. The van der Waals surface area contributed by atoms with Crippen LogP contribution in [0.3, 0.4) is 0 Å². The van der Waals surface area contributed by atoms with E-state index in [4.69, 9.17) is 0 Å². The molecule has 2 fully saturated rings. The molecule has 8 atom stereocenters. The third kappa shape index (κ3) is 3.51. The molecule has 4 aliphatic carbocycles. The average Bonchev–Trinajstić information content (AvgIpc) is 3.08. The van der Waals surface area contributed by atoms with E-state index in [2.05, 4.69) is 34.6 Å². The van der Waals surface area contributed by atoms with E-state index in [0.29, 0.717) is 17.8 Å². The fourth-order valence-corrected chi connectivity index (χ4v) is 9.30. The highest BCUT2D eigenvalue weighted by molar-refractivity contribution is 5.76. The molecule has 0 amide bonds. The van der Waals surface area contributed by atoms with Crippen molar-refractivity contribution in [1.29, 1.82) is 0 Å². The zero-order chi connectivity index (χ0) is 23.5. The third-order valence-corrected chi connectivity index (χ3v) is 11.2. The van der Waals surface area contributed by atoms with E-state index >= 15 is 0 Å². The van der Waals surface area contributed by atoms with Crippen molar-refractivity contribution in [3.8, 4) is 0 Å². The monoisotopic (exact) mass is 444 g/mol. The number of carbonyl (C=O) groups is 1. The van der Waals surface area contributed by atoms with Crippen molar-refractivity contribution < 1.29 is 15.0 Å². The van der Waals surface area contributed by atoms with Gasteiger partial charge in [0.05, 0.1) is 11.5 Å². The number of aliphatic hydroxyl groups is 1. The molecule has 2 saturated carbocycles. The lowest BCUT2D eigenvalue weighted by Gasteiger charge is -2.59. The first kappa shape index (κ1) is 24.3. The van der Waals surface area contributed by atoms with Crippen molar-refractivity contribution in [2.75, 3.05) is 0 Å². The first-order valence-electron chi connectivity index (χ1n) is 13.6. The van der Waals surface area contributed by atoms with Crippen LogP contribution in [0.4, 0.5) is 0 Å². The number of hydrogen-bond donors (Lipinski definition) is 2. The molecule has 0 bridgehead atoms. The Morgan fingerprint density at radius 3 is 2.38 bits per heavy atom. The standard InChI is InChI=1S/C29H48O3/c1-18(2)8-7-9-19(3)21-11-12-22-20-10-13-24-28(5,23(20)14-16-27(21,22)4)17-15-25(30)29(24,6)26(31)32/h18-19,21-22,24-25,30H,7-17H2,1-6H3,(H,31,32)/t19?,21?,22?,24?,25-,27+,28+,29-/m0/s1. The second-order valence-electron chi connectivity index (χ2n) is 13.2. The third-order valence-electron chi connectivity index (χ3n) is 11.2. The molecule has 0 aliphatic heterocycles. The number of carboxylic acid groups (broad SMARTS) is 1. The maximum Gasteiger partial charge on any atom is 0.312 e. The molecule has 3 heteroatoms. The van der Waals surface area contributed by atoms with Crippen molar-refractivity contribution in [2.45, 2.75) is 118 Å². The molecule has 0 heterocycles. The van der Waals surface area contributed by atoms with Crippen molar-refractivity contribution in [3.63, 3.8) is 0 Å². The summed E-state index contributed by atoms with van der Waals surface area (Å²) < 4.78 is 0. The molecular formula is C29H48O3. The molecule has 0 aromatic heterocycles. The van der Waals surface area contributed by atoms with Crippen LogP contribution in [0.1, 0.15) is 112 Å². The zero-order valence-corrected chi connectivity index (χ0v) is 21.5. The summed E-state index contributed by atoms with van der Waals surface area (Å²) >= 11 is 0. The van der Waals surface area contributed by atoms with Gasteiger partial charge in [-0.2, -0.15) is 0 Å². The first-order chi connectivity index (χ1) is 15.0. The molecule has 3 nitrogen and oxygen atoms in total. The zero-order valence-electron chi connectivity index (χ0n) is 21.5. The largest absolute Gasteiger partial charge is 0.481 e. The van der Waals surface area contributed by atoms with Crippen LogP contribution in [0, 0.1) is 45.8 Å². The normalized spacial score (nSPS) is 44.8. The van der Waals surface area contributed by atoms with Gasteiger partial charge in [-0.05, 0) is 98.7 Å². The average molecular weight is 445 g/mol. The van der Waals surface area contributed by atoms with Crippen molar-refractivity contribution in [1.82, 2.24) is 0 Å². The Morgan fingerprint density at radius 2 is 1.72 bits per heavy atom. The lowest BCUT2D eigenvalue weighted by atomic mass is 9.45. The quantitative estimate of drug-likeness (QED) is 0.425. The molecule has 0 aromatic carbocycles. The number of allylic oxidation sites excluding steroid dienone is 2. The molecule has 0 saturated heterocycles. The van der Waals surface area contributed by atoms with Crippen LogP contribution in [0.2, 0.25) is 0 Å². The lowest BCUT2D eigenvalue weighted by molar-refractivity contribution is -0.175. The van der Waals surface area contributed by atoms with E-state index in [9.17, 15) is 15.0 Å². The SMILES string of the molecule is CC(C)CCCC(C)C1CCC2C3=C(CC[C@@]21C)[C@@]1(C)CC[C@H](O)[C@@](C)(C(=O)O)C1CC3. The Bertz CT molecular complexity index is 768. The minimum atomic E-state index is -1.02. The van der Waals surface area contributed by atoms with Gasteiger partial charge >= 0.3 is 5.97 Å². The van der Waals surface area contributed by atoms with Crippen LogP contribution in [-0.4, -0.2) is 22.3 Å². The second-order valence-corrected chi connectivity index (χ2v) is 13.2. The van der Waals surface area contributed by atoms with Crippen molar-refractivity contribution in [2.24, 2.45) is 45.8 Å². The van der Waals surface area contributed by atoms with Gasteiger partial charge in [0.1, 0.15) is 0 Å². The summed E-state index contributed by atoms with van der Waals surface area (Å²) in [4.78, 5) is 12.3. The number of aliphatic hydroxyl groups excluding tert-OH is 1. The number of rotatable bonds is 6. The predicted molar refractivity (Wildman–Crippen MR) is 130 cm³/mol. The second kappa shape index (κ2) is 8.43. The highest BCUT2D eigenvalue weighted by atomic mass is 16.4. The maximum atomic E-state index is 12.3. The van der Waals surface area contributed by atoms with Crippen LogP contribution >= 0.6 is 0 Å². The summed E-state index contributed by atoms with van der Waals surface area (Å²) in [6.07, 6.45) is 12.0. The molecular weight excluding hydrogens is 396 g/mol. The Labute approximate surface area is 196 Å². The van der Waals surface area contributed by atoms with E-state index in [-0.39, 0.29) is 11.3 Å². The van der Waals surface area contributed by atoms with Gasteiger partial charge in [0, 0.05) is 0 Å². The summed E-state index contributed by atoms with van der Waals surface area (Å²) in [6.45, 7) is 14.0. The number of carboxylic acids is 1. The fourth-order valence-electron chi connectivity index (χ4n) is 9.30. The van der Waals surface area contributed by atoms with Gasteiger partial charge in [-0.15, -0.1) is 0 Å². The van der Waals surface area contributed by atoms with Crippen LogP contribution in [-0.2, 0) is 4.79 Å². The predicted octanol–water partition coefficient (Wildman–Crippen LogP) is 7.23. The Balaban J connectivity index is 1.60. The Kier molecular flexibility index (Phi) is 6.40. The highest BCUT2D eigenvalue weighted by Gasteiger charge is 2.62. The van der Waals surface area contributed by atoms with E-state index in [0.717, 1.165) is 43.4 Å². The van der Waals surface area contributed by atoms with E-state index in [1.165, 1.54) is 38.5 Å². The summed E-state index contributed by atoms with van der Waals surface area (Å²) in [5, 5.41) is 20.9. The summed E-state index contributed by atoms with van der Waals surface area (Å²) in [5.41, 5.74) is 2.68. The van der Waals surface area contributed by atoms with Crippen LogP contribution in [0.5, 0.6) is 0 Å². The van der Waals surface area contributed by atoms with E-state index in [1.807, 2.05) is 6.92 Å². The number of aliphatic carboxylic acids is 1. The van der Waals surface area contributed by atoms with Gasteiger partial charge in [0.2, 0.25) is 0 Å². The van der Waals surface area contributed by atoms with Crippen molar-refractivity contribution >= 4 is 5.97 Å². The van der Waals surface area contributed by atoms with Crippen LogP contribution < -0.4 is 0 Å². The molecule has 2 N–H and O–H groups in total. The Hall–Kier alpha value is -0.830. The maximum absolute atomic E-state index is 12.3. The van der Waals surface area contributed by atoms with Gasteiger partial charge in [-0.1, -0.05) is 65.0 Å². The molecule has 0 aromatic rings. The Morgan fingerprint density at radius 1 is 1.00 bits per heavy atom. The highest BCUT2D eigenvalue weighted by Crippen LogP contribution is 2.68. The number of fused-ring (bicyclic) bond motifs is 4. The van der Waals surface area contributed by atoms with Gasteiger partial charge < -0.3 is 10.2 Å². The number of hydrogen-bond acceptors (Lipinski definition) is 2. The molecule has 182 valence electrons. The molecule has 4 aliphatic rings. The molecule has 0 spiro atoms. The summed E-state index contributed by atoms with van der Waals surface area (Å²) in [6, 6.07) is 0. The first-order valence-corrected chi connectivity index (χ1v) is 13.6. The van der Waals surface area contributed by atoms with E-state index in [1.54, 1.807) is 11.1 Å². The summed E-state index contributed by atoms with van der Waals surface area (Å²) in [5.74, 6) is 2.38. The minimum absolute atomic E-state index is 0.0477. The smallest absolute Gasteiger partial charge is 0.312 e. The van der Waals surface area contributed by atoms with Gasteiger partial charge in [-0.3, -0.25) is 4.79 Å². The van der Waals surface area contributed by atoms with Crippen molar-refractivity contribution in [3.05, 3.63) is 11.1 Å². The lowest BCUT2D eigenvalue weighted by Crippen LogP contribution is -2.58. The summed E-state index contributed by atoms with van der Waals surface area (Å²) in [7, 11) is 0. The molecule has 4 rings (SSSR count). The molecule has 32 heavy (non-hydrogen) atoms. The van der Waals surface area contributed by atoms with E-state index < -0.39 is 17.5 Å². The molecule has 0 radical (unpaired) electrons. The fraction of sp³-hybridized carbons (Fsp3) is 0.897. The van der Waals surface area contributed by atoms with Crippen LogP contribution in [0.25, 0.3) is 0 Å². The topological polar surface area (TPSA) is 57.5 Å².